The van der Waals surface area contributed by atoms with Gasteiger partial charge >= 0.3 is 0 Å². The third-order valence-corrected chi connectivity index (χ3v) is 3.54. The fourth-order valence-electron chi connectivity index (χ4n) is 2.23. The summed E-state index contributed by atoms with van der Waals surface area (Å²) in [5.74, 6) is 0.283. The standard InChI is InChI=1S/C13H20N6O3/c1-3-18(4-2)17-16-13-9(6-14)7-15-19(13)12-5-10(21)11(8-20)22-12/h7,10-12,20-21H,3-5,8H2,1-2H3/t10-,11+,12?/m0/s1. The van der Waals surface area contributed by atoms with E-state index in [4.69, 9.17) is 15.1 Å². The molecule has 0 bridgehead atoms. The molecule has 1 aromatic heterocycles. The number of aliphatic hydroxyl groups is 2. The monoisotopic (exact) mass is 308 g/mol. The van der Waals surface area contributed by atoms with E-state index >= 15 is 0 Å². The van der Waals surface area contributed by atoms with Gasteiger partial charge in [-0.25, -0.2) is 4.68 Å². The van der Waals surface area contributed by atoms with Crippen molar-refractivity contribution in [1.29, 1.82) is 5.26 Å². The molecule has 0 spiro atoms. The average molecular weight is 308 g/mol. The Bertz CT molecular complexity index is 563. The first-order chi connectivity index (χ1) is 10.6. The van der Waals surface area contributed by atoms with E-state index in [0.717, 1.165) is 0 Å². The highest BCUT2D eigenvalue weighted by molar-refractivity contribution is 5.46. The van der Waals surface area contributed by atoms with Gasteiger partial charge in [0, 0.05) is 19.5 Å². The van der Waals surface area contributed by atoms with Crippen LogP contribution in [0.1, 0.15) is 32.1 Å². The van der Waals surface area contributed by atoms with Gasteiger partial charge < -0.3 is 14.9 Å². The smallest absolute Gasteiger partial charge is 0.195 e. The zero-order valence-corrected chi connectivity index (χ0v) is 12.6. The van der Waals surface area contributed by atoms with Crippen LogP contribution < -0.4 is 0 Å². The summed E-state index contributed by atoms with van der Waals surface area (Å²) in [5.41, 5.74) is 0.279. The van der Waals surface area contributed by atoms with Crippen molar-refractivity contribution in [2.75, 3.05) is 19.7 Å². The third kappa shape index (κ3) is 3.24. The first kappa shape index (κ1) is 16.4. The zero-order chi connectivity index (χ0) is 16.1. The Balaban J connectivity index is 2.26. The highest BCUT2D eigenvalue weighted by Crippen LogP contribution is 2.33. The SMILES string of the molecule is CCN(CC)N=Nc1c(C#N)cnn1C1C[C@H](O)[C@@H](CO)O1. The molecule has 22 heavy (non-hydrogen) atoms. The Kier molecular flexibility index (Phi) is 5.43. The van der Waals surface area contributed by atoms with Gasteiger partial charge in [-0.15, -0.1) is 5.11 Å². The van der Waals surface area contributed by atoms with Crippen molar-refractivity contribution in [2.45, 2.75) is 38.7 Å². The molecule has 2 N–H and O–H groups in total. The van der Waals surface area contributed by atoms with E-state index in [2.05, 4.69) is 15.4 Å². The van der Waals surface area contributed by atoms with E-state index < -0.39 is 18.4 Å². The Hall–Kier alpha value is -2.02. The van der Waals surface area contributed by atoms with Crippen molar-refractivity contribution in [3.8, 4) is 6.07 Å². The minimum absolute atomic E-state index is 0.269. The number of aromatic nitrogens is 2. The predicted octanol–water partition coefficient (Wildman–Crippen LogP) is 0.736. The van der Waals surface area contributed by atoms with Gasteiger partial charge in [-0.2, -0.15) is 10.4 Å². The highest BCUT2D eigenvalue weighted by Gasteiger charge is 2.36. The van der Waals surface area contributed by atoms with Crippen LogP contribution in [0.2, 0.25) is 0 Å². The van der Waals surface area contributed by atoms with Crippen molar-refractivity contribution in [2.24, 2.45) is 10.3 Å². The molecule has 1 unspecified atom stereocenters. The molecule has 2 rings (SSSR count). The minimum Gasteiger partial charge on any atom is -0.394 e. The Morgan fingerprint density at radius 1 is 1.55 bits per heavy atom. The summed E-state index contributed by atoms with van der Waals surface area (Å²) in [6, 6.07) is 2.01. The van der Waals surface area contributed by atoms with Crippen LogP contribution in [0.5, 0.6) is 0 Å². The van der Waals surface area contributed by atoms with E-state index in [9.17, 15) is 5.11 Å². The number of rotatable bonds is 6. The van der Waals surface area contributed by atoms with Gasteiger partial charge in [-0.05, 0) is 13.8 Å². The molecule has 1 aromatic rings. The van der Waals surface area contributed by atoms with Crippen LogP contribution in [-0.2, 0) is 4.74 Å². The van der Waals surface area contributed by atoms with Crippen molar-refractivity contribution in [3.05, 3.63) is 11.8 Å². The number of hydrogen-bond acceptors (Lipinski definition) is 7. The van der Waals surface area contributed by atoms with Gasteiger partial charge in [0.05, 0.1) is 18.9 Å². The topological polar surface area (TPSA) is 119 Å². The summed E-state index contributed by atoms with van der Waals surface area (Å²) >= 11 is 0. The number of hydrogen-bond donors (Lipinski definition) is 2. The van der Waals surface area contributed by atoms with E-state index in [-0.39, 0.29) is 24.4 Å². The number of aliphatic hydroxyl groups excluding tert-OH is 2. The Labute approximate surface area is 128 Å². The lowest BCUT2D eigenvalue weighted by Gasteiger charge is -2.14. The van der Waals surface area contributed by atoms with Crippen molar-refractivity contribution in [1.82, 2.24) is 14.8 Å². The molecule has 0 amide bonds. The lowest BCUT2D eigenvalue weighted by atomic mass is 10.2. The van der Waals surface area contributed by atoms with Gasteiger partial charge in [0.25, 0.3) is 0 Å². The van der Waals surface area contributed by atoms with Crippen molar-refractivity contribution >= 4 is 5.82 Å². The summed E-state index contributed by atoms with van der Waals surface area (Å²) in [6.07, 6.45) is -0.367. The number of nitrogens with zero attached hydrogens (tertiary/aromatic N) is 6. The molecule has 120 valence electrons. The maximum atomic E-state index is 9.82. The van der Waals surface area contributed by atoms with Gasteiger partial charge in [0.15, 0.2) is 12.0 Å². The zero-order valence-electron chi connectivity index (χ0n) is 12.6. The largest absolute Gasteiger partial charge is 0.394 e. The van der Waals surface area contributed by atoms with Crippen LogP contribution in [-0.4, -0.2) is 56.9 Å². The molecule has 2 heterocycles. The molecule has 9 heteroatoms. The van der Waals surface area contributed by atoms with Gasteiger partial charge in [0.1, 0.15) is 17.7 Å². The van der Waals surface area contributed by atoms with Crippen LogP contribution >= 0.6 is 0 Å². The minimum atomic E-state index is -0.780. The first-order valence-electron chi connectivity index (χ1n) is 7.23. The van der Waals surface area contributed by atoms with E-state index in [1.807, 2.05) is 19.9 Å². The molecule has 0 saturated carbocycles. The second-order valence-electron chi connectivity index (χ2n) is 4.88. The van der Waals surface area contributed by atoms with Crippen LogP contribution in [0, 0.1) is 11.3 Å². The fourth-order valence-corrected chi connectivity index (χ4v) is 2.23. The quantitative estimate of drug-likeness (QED) is 0.591. The third-order valence-electron chi connectivity index (χ3n) is 3.54. The molecule has 1 aliphatic rings. The molecule has 3 atom stereocenters. The first-order valence-corrected chi connectivity index (χ1v) is 7.23. The maximum Gasteiger partial charge on any atom is 0.195 e. The van der Waals surface area contributed by atoms with Crippen LogP contribution in [0.4, 0.5) is 5.82 Å². The van der Waals surface area contributed by atoms with E-state index in [0.29, 0.717) is 13.1 Å². The summed E-state index contributed by atoms with van der Waals surface area (Å²) in [7, 11) is 0. The second-order valence-corrected chi connectivity index (χ2v) is 4.88. The van der Waals surface area contributed by atoms with Crippen LogP contribution in [0.25, 0.3) is 0 Å². The molecule has 9 nitrogen and oxygen atoms in total. The predicted molar refractivity (Wildman–Crippen MR) is 76.0 cm³/mol. The van der Waals surface area contributed by atoms with E-state index in [1.54, 1.807) is 5.01 Å². The summed E-state index contributed by atoms with van der Waals surface area (Å²) in [5, 5.41) is 42.1. The number of ether oxygens (including phenoxy) is 1. The molecular formula is C13H20N6O3. The van der Waals surface area contributed by atoms with Crippen LogP contribution in [0.15, 0.2) is 16.5 Å². The van der Waals surface area contributed by atoms with E-state index in [1.165, 1.54) is 10.9 Å². The molecule has 1 saturated heterocycles. The summed E-state index contributed by atoms with van der Waals surface area (Å²) < 4.78 is 6.96. The normalized spacial score (nSPS) is 24.8. The molecule has 1 fully saturated rings. The lowest BCUT2D eigenvalue weighted by Crippen LogP contribution is -2.24. The maximum absolute atomic E-state index is 9.82. The molecule has 0 aliphatic carbocycles. The van der Waals surface area contributed by atoms with Gasteiger partial charge in [0.2, 0.25) is 0 Å². The molecular weight excluding hydrogens is 288 g/mol. The summed E-state index contributed by atoms with van der Waals surface area (Å²) in [6.45, 7) is 5.02. The summed E-state index contributed by atoms with van der Waals surface area (Å²) in [4.78, 5) is 0. The Morgan fingerprint density at radius 3 is 2.82 bits per heavy atom. The lowest BCUT2D eigenvalue weighted by molar-refractivity contribution is -0.0478. The van der Waals surface area contributed by atoms with Gasteiger partial charge in [-0.3, -0.25) is 5.01 Å². The fraction of sp³-hybridized carbons (Fsp3) is 0.692. The highest BCUT2D eigenvalue weighted by atomic mass is 16.5. The molecule has 1 aliphatic heterocycles. The second kappa shape index (κ2) is 7.31. The van der Waals surface area contributed by atoms with Gasteiger partial charge in [-0.1, -0.05) is 5.22 Å². The van der Waals surface area contributed by atoms with Crippen molar-refractivity contribution < 1.29 is 14.9 Å². The molecule has 0 aromatic carbocycles. The Morgan fingerprint density at radius 2 is 2.27 bits per heavy atom. The average Bonchev–Trinajstić information content (AvgIpc) is 3.11. The van der Waals surface area contributed by atoms with Crippen LogP contribution in [0.3, 0.4) is 0 Å². The number of nitriles is 1. The molecule has 0 radical (unpaired) electrons. The van der Waals surface area contributed by atoms with Crippen molar-refractivity contribution in [3.63, 3.8) is 0 Å².